The number of aliphatic hydroxyl groups is 1. The zero-order valence-electron chi connectivity index (χ0n) is 29.2. The molecule has 4 aromatic carbocycles. The van der Waals surface area contributed by atoms with E-state index in [0.717, 1.165) is 24.0 Å². The molecule has 0 aliphatic carbocycles. The fourth-order valence-electron chi connectivity index (χ4n) is 7.19. The Hall–Kier alpha value is -5.47. The van der Waals surface area contributed by atoms with Gasteiger partial charge in [0.15, 0.2) is 16.9 Å². The first kappa shape index (κ1) is 45.2. The summed E-state index contributed by atoms with van der Waals surface area (Å²) in [5.41, 5.74) is 1.41. The molecule has 4 saturated heterocycles. The Morgan fingerprint density at radius 3 is 1.69 bits per heavy atom. The van der Waals surface area contributed by atoms with Gasteiger partial charge in [0.25, 0.3) is 11.8 Å². The van der Waals surface area contributed by atoms with Crippen molar-refractivity contribution in [1.82, 2.24) is 9.80 Å². The maximum atomic E-state index is 13.4. The van der Waals surface area contributed by atoms with Crippen molar-refractivity contribution >= 4 is 99.3 Å². The number of amides is 6. The second-order valence-corrected chi connectivity index (χ2v) is 14.8. The molecule has 300 valence electrons. The molecule has 1 N–H and O–H groups in total. The number of aldehydes is 1. The van der Waals surface area contributed by atoms with Crippen LogP contribution >= 0.6 is 46.4 Å². The van der Waals surface area contributed by atoms with Crippen LogP contribution in [0.4, 0.5) is 32.3 Å². The molecule has 12 nitrogen and oxygen atoms in total. The first-order chi connectivity index (χ1) is 26.8. The minimum absolute atomic E-state index is 0. The second-order valence-electron chi connectivity index (χ2n) is 13.1. The van der Waals surface area contributed by atoms with Crippen LogP contribution in [0.15, 0.2) is 84.9 Å². The molecule has 4 fully saturated rings. The lowest BCUT2D eigenvalue weighted by Gasteiger charge is -2.33. The largest absolute Gasteiger partial charge is 0.385 e. The van der Waals surface area contributed by atoms with Crippen LogP contribution in [0.1, 0.15) is 62.6 Å². The highest BCUT2D eigenvalue weighted by molar-refractivity contribution is 6.36. The fraction of sp³-hybridized carbons (Fsp3) is 0.262. The number of rotatable bonds is 5. The Labute approximate surface area is 356 Å². The van der Waals surface area contributed by atoms with Crippen LogP contribution < -0.4 is 9.80 Å². The van der Waals surface area contributed by atoms with E-state index in [1.807, 2.05) is 0 Å². The number of nitrogens with zero attached hydrogens (tertiary/aromatic N) is 6. The van der Waals surface area contributed by atoms with Gasteiger partial charge in [0.05, 0.1) is 24.5 Å². The van der Waals surface area contributed by atoms with Crippen molar-refractivity contribution in [3.63, 3.8) is 0 Å². The van der Waals surface area contributed by atoms with Crippen molar-refractivity contribution < 1.29 is 29.1 Å². The summed E-state index contributed by atoms with van der Waals surface area (Å²) in [5.74, 6) is -0.689. The number of hydrogen-bond acceptors (Lipinski definition) is 6. The lowest BCUT2D eigenvalue weighted by atomic mass is 9.85. The number of aliphatic hydroxyl groups excluding tert-OH is 1. The average molecular weight is 865 g/mol. The van der Waals surface area contributed by atoms with Crippen molar-refractivity contribution in [3.05, 3.63) is 139 Å². The van der Waals surface area contributed by atoms with Crippen molar-refractivity contribution in [3.8, 4) is 0 Å². The summed E-state index contributed by atoms with van der Waals surface area (Å²) in [5, 5.41) is 12.6. The third kappa shape index (κ3) is 8.68. The maximum absolute atomic E-state index is 13.4. The van der Waals surface area contributed by atoms with Crippen molar-refractivity contribution in [2.75, 3.05) is 22.9 Å². The summed E-state index contributed by atoms with van der Waals surface area (Å²) in [7, 11) is 0. The molecule has 0 spiro atoms. The SMILES string of the molecule is C.C.O=C1C2CCCN2C(=O)N1c1cc(Cl)cc(Cl)c1.[C-]#[N+]c1ccc(C(O)C23CCCN2C(=O)N(c2cc(Cl)cc(Cl)c2)C3=O)cc1.[C-]#[N+]c1ccc(C=O)cc1. The van der Waals surface area contributed by atoms with Crippen molar-refractivity contribution in [1.29, 1.82) is 0 Å². The molecule has 3 atom stereocenters. The van der Waals surface area contributed by atoms with Gasteiger partial charge < -0.3 is 14.9 Å². The molecule has 4 heterocycles. The minimum Gasteiger partial charge on any atom is -0.385 e. The molecule has 4 aliphatic rings. The smallest absolute Gasteiger partial charge is 0.332 e. The summed E-state index contributed by atoms with van der Waals surface area (Å²) in [6, 6.07) is 21.0. The molecule has 0 radical (unpaired) electrons. The zero-order chi connectivity index (χ0) is 40.3. The van der Waals surface area contributed by atoms with Crippen LogP contribution in [0.25, 0.3) is 9.69 Å². The van der Waals surface area contributed by atoms with Crippen LogP contribution in [0.5, 0.6) is 0 Å². The molecule has 4 aromatic rings. The lowest BCUT2D eigenvalue weighted by Crippen LogP contribution is -2.50. The van der Waals surface area contributed by atoms with Gasteiger partial charge in [-0.25, -0.2) is 29.1 Å². The molecular formula is C42H38Cl4N6O6. The van der Waals surface area contributed by atoms with E-state index in [-0.39, 0.29) is 38.5 Å². The highest BCUT2D eigenvalue weighted by atomic mass is 35.5. The molecule has 3 unspecified atom stereocenters. The Balaban J connectivity index is 0.000000212. The lowest BCUT2D eigenvalue weighted by molar-refractivity contribution is -0.129. The molecule has 0 saturated carbocycles. The summed E-state index contributed by atoms with van der Waals surface area (Å²) < 4.78 is 0. The molecular weight excluding hydrogens is 826 g/mol. The number of imide groups is 2. The van der Waals surface area contributed by atoms with Gasteiger partial charge in [-0.2, -0.15) is 0 Å². The van der Waals surface area contributed by atoms with E-state index in [0.29, 0.717) is 74.2 Å². The van der Waals surface area contributed by atoms with Crippen molar-refractivity contribution in [2.24, 2.45) is 0 Å². The van der Waals surface area contributed by atoms with Crippen LogP contribution in [0, 0.1) is 13.1 Å². The number of carbonyl (C=O) groups is 5. The molecule has 6 amide bonds. The number of carbonyl (C=O) groups excluding carboxylic acids is 5. The van der Waals surface area contributed by atoms with Gasteiger partial charge in [-0.15, -0.1) is 0 Å². The first-order valence-electron chi connectivity index (χ1n) is 17.1. The van der Waals surface area contributed by atoms with E-state index >= 15 is 0 Å². The molecule has 8 rings (SSSR count). The summed E-state index contributed by atoms with van der Waals surface area (Å²) >= 11 is 23.9. The topological polar surface area (TPSA) is 127 Å². The van der Waals surface area contributed by atoms with E-state index in [2.05, 4.69) is 9.69 Å². The Kier molecular flexibility index (Phi) is 14.7. The van der Waals surface area contributed by atoms with E-state index in [4.69, 9.17) is 59.5 Å². The Bertz CT molecular complexity index is 2250. The average Bonchev–Trinajstić information content (AvgIpc) is 3.95. The van der Waals surface area contributed by atoms with E-state index in [9.17, 15) is 29.1 Å². The molecule has 16 heteroatoms. The van der Waals surface area contributed by atoms with Crippen molar-refractivity contribution in [2.45, 2.75) is 58.2 Å². The number of fused-ring (bicyclic) bond motifs is 2. The quantitative estimate of drug-likeness (QED) is 0.121. The maximum Gasteiger partial charge on any atom is 0.332 e. The summed E-state index contributed by atoms with van der Waals surface area (Å²) in [4.78, 5) is 72.7. The number of anilines is 2. The van der Waals surface area contributed by atoms with Gasteiger partial charge in [-0.3, -0.25) is 14.4 Å². The van der Waals surface area contributed by atoms with E-state index in [1.165, 1.54) is 28.0 Å². The van der Waals surface area contributed by atoms with E-state index in [1.54, 1.807) is 71.6 Å². The van der Waals surface area contributed by atoms with Gasteiger partial charge in [0.2, 0.25) is 0 Å². The van der Waals surface area contributed by atoms with Crippen LogP contribution in [-0.2, 0) is 9.59 Å². The standard InChI is InChI=1S/C20H15Cl2N3O3.C12H10Cl2N2O2.C8H5NO.2CH4/c1-23-15-5-3-12(4-6-15)17(26)20-7-2-8-24(20)19(28)25(18(20)27)16-10-13(21)9-14(22)11-16;13-7-4-8(14)6-9(5-7)16-11(17)10-2-1-3-15(10)12(16)18;1-9-8-4-2-7(6-10)3-5-8;;/h3-6,9-11,17,26H,2,7-8H2;4-6,10H,1-3H2;2-6H;2*1H4. The van der Waals surface area contributed by atoms with Crippen LogP contribution in [0.2, 0.25) is 20.1 Å². The van der Waals surface area contributed by atoms with Gasteiger partial charge in [-0.1, -0.05) is 110 Å². The third-order valence-electron chi connectivity index (χ3n) is 9.77. The van der Waals surface area contributed by atoms with Crippen LogP contribution in [-0.4, -0.2) is 69.7 Å². The third-order valence-corrected chi connectivity index (χ3v) is 10.6. The summed E-state index contributed by atoms with van der Waals surface area (Å²) in [6.07, 6.45) is 2.10. The molecule has 0 bridgehead atoms. The zero-order valence-corrected chi connectivity index (χ0v) is 32.3. The highest BCUT2D eigenvalue weighted by Gasteiger charge is 2.64. The number of benzene rings is 4. The summed E-state index contributed by atoms with van der Waals surface area (Å²) in [6.45, 7) is 14.7. The highest BCUT2D eigenvalue weighted by Crippen LogP contribution is 2.48. The molecule has 58 heavy (non-hydrogen) atoms. The van der Waals surface area contributed by atoms with Crippen LogP contribution in [0.3, 0.4) is 0 Å². The minimum atomic E-state index is -1.38. The first-order valence-corrected chi connectivity index (χ1v) is 18.6. The normalized spacial score (nSPS) is 19.3. The van der Waals surface area contributed by atoms with Gasteiger partial charge >= 0.3 is 12.1 Å². The van der Waals surface area contributed by atoms with Gasteiger partial charge in [0, 0.05) is 38.7 Å². The van der Waals surface area contributed by atoms with E-state index < -0.39 is 23.6 Å². The monoisotopic (exact) mass is 862 g/mol. The second kappa shape index (κ2) is 18.9. The number of hydrogen-bond donors (Lipinski definition) is 1. The Morgan fingerprint density at radius 1 is 0.707 bits per heavy atom. The fourth-order valence-corrected chi connectivity index (χ4v) is 8.22. The molecule has 4 aliphatic heterocycles. The predicted molar refractivity (Wildman–Crippen MR) is 226 cm³/mol. The molecule has 0 aromatic heterocycles. The predicted octanol–water partition coefficient (Wildman–Crippen LogP) is 10.8. The number of urea groups is 2. The Morgan fingerprint density at radius 2 is 1.21 bits per heavy atom. The van der Waals surface area contributed by atoms with Gasteiger partial charge in [-0.05, 0) is 67.6 Å². The van der Waals surface area contributed by atoms with Gasteiger partial charge in [0.1, 0.15) is 18.4 Å². The number of halogens is 4.